The zero-order valence-corrected chi connectivity index (χ0v) is 13.4. The Hall–Kier alpha value is -3.49. The van der Waals surface area contributed by atoms with Crippen molar-refractivity contribution in [2.75, 3.05) is 0 Å². The van der Waals surface area contributed by atoms with E-state index in [-0.39, 0.29) is 23.5 Å². The van der Waals surface area contributed by atoms with Gasteiger partial charge in [0.15, 0.2) is 0 Å². The average molecular weight is 380 g/mol. The minimum atomic E-state index is -4.83. The van der Waals surface area contributed by atoms with Gasteiger partial charge < -0.3 is 19.0 Å². The summed E-state index contributed by atoms with van der Waals surface area (Å²) in [6.07, 6.45) is -4.83. The number of benzene rings is 2. The number of phenols is 1. The predicted octanol–water partition coefficient (Wildman–Crippen LogP) is 3.75. The molecule has 0 spiro atoms. The van der Waals surface area contributed by atoms with Crippen LogP contribution in [0.5, 0.6) is 11.5 Å². The van der Waals surface area contributed by atoms with Crippen molar-refractivity contribution in [2.45, 2.75) is 13.0 Å². The summed E-state index contributed by atoms with van der Waals surface area (Å²) in [6.45, 7) is -0.271. The topological polar surface area (TPSA) is 86.0 Å². The quantitative estimate of drug-likeness (QED) is 0.548. The molecule has 0 fully saturated rings. The van der Waals surface area contributed by atoms with Crippen molar-refractivity contribution in [1.29, 1.82) is 0 Å². The first kappa shape index (κ1) is 18.3. The number of phenolic OH excluding ortho intramolecular Hbond substituents is 1. The Morgan fingerprint density at radius 2 is 1.78 bits per heavy atom. The molecule has 0 aliphatic heterocycles. The normalized spacial score (nSPS) is 11.4. The Morgan fingerprint density at radius 1 is 1.07 bits per heavy atom. The van der Waals surface area contributed by atoms with E-state index in [1.807, 2.05) is 0 Å². The second-order valence-electron chi connectivity index (χ2n) is 5.42. The molecule has 27 heavy (non-hydrogen) atoms. The maximum absolute atomic E-state index is 12.1. The van der Waals surface area contributed by atoms with Crippen LogP contribution in [0.3, 0.4) is 0 Å². The lowest BCUT2D eigenvalue weighted by Gasteiger charge is -2.10. The van der Waals surface area contributed by atoms with Crippen molar-refractivity contribution in [3.8, 4) is 11.5 Å². The molecule has 0 bridgehead atoms. The summed E-state index contributed by atoms with van der Waals surface area (Å²) in [6, 6.07) is 9.50. The van der Waals surface area contributed by atoms with Gasteiger partial charge in [-0.15, -0.1) is 13.2 Å². The SMILES string of the molecule is O=C(OCc1cc(=O)oc2cc(O)ccc12)c1ccc(OC(F)(F)F)cc1. The van der Waals surface area contributed by atoms with Crippen LogP contribution in [0.4, 0.5) is 13.2 Å². The summed E-state index contributed by atoms with van der Waals surface area (Å²) in [5, 5.41) is 9.91. The third-order valence-electron chi connectivity index (χ3n) is 3.50. The average Bonchev–Trinajstić information content (AvgIpc) is 2.58. The molecule has 0 unspecified atom stereocenters. The van der Waals surface area contributed by atoms with E-state index in [1.165, 1.54) is 18.2 Å². The van der Waals surface area contributed by atoms with Crippen LogP contribution in [-0.4, -0.2) is 17.4 Å². The highest BCUT2D eigenvalue weighted by Crippen LogP contribution is 2.24. The lowest BCUT2D eigenvalue weighted by atomic mass is 10.1. The number of hydrogen-bond donors (Lipinski definition) is 1. The van der Waals surface area contributed by atoms with E-state index in [0.29, 0.717) is 10.9 Å². The summed E-state index contributed by atoms with van der Waals surface area (Å²) in [4.78, 5) is 23.7. The molecule has 3 aromatic rings. The minimum Gasteiger partial charge on any atom is -0.508 e. The van der Waals surface area contributed by atoms with Crippen molar-refractivity contribution in [3.63, 3.8) is 0 Å². The van der Waals surface area contributed by atoms with E-state index in [2.05, 4.69) is 4.74 Å². The standard InChI is InChI=1S/C18H11F3O6/c19-18(20,21)27-13-4-1-10(2-5-13)17(24)25-9-11-7-16(23)26-15-8-12(22)3-6-14(11)15/h1-8,22H,9H2. The van der Waals surface area contributed by atoms with Gasteiger partial charge in [0.25, 0.3) is 0 Å². The Bertz CT molecular complexity index is 1040. The van der Waals surface area contributed by atoms with Gasteiger partial charge in [-0.25, -0.2) is 9.59 Å². The molecule has 6 nitrogen and oxygen atoms in total. The van der Waals surface area contributed by atoms with Crippen LogP contribution in [0.15, 0.2) is 57.7 Å². The fourth-order valence-electron chi connectivity index (χ4n) is 2.36. The molecule has 3 rings (SSSR count). The number of alkyl halides is 3. The number of fused-ring (bicyclic) bond motifs is 1. The molecule has 2 aromatic carbocycles. The van der Waals surface area contributed by atoms with Crippen molar-refractivity contribution >= 4 is 16.9 Å². The lowest BCUT2D eigenvalue weighted by Crippen LogP contribution is -2.17. The Kier molecular flexibility index (Phi) is 4.76. The summed E-state index contributed by atoms with van der Waals surface area (Å²) in [7, 11) is 0. The molecule has 0 atom stereocenters. The highest BCUT2D eigenvalue weighted by Gasteiger charge is 2.31. The van der Waals surface area contributed by atoms with Gasteiger partial charge in [0.2, 0.25) is 0 Å². The molecule has 0 radical (unpaired) electrons. The summed E-state index contributed by atoms with van der Waals surface area (Å²) in [5.41, 5.74) is -0.198. The molecule has 9 heteroatoms. The maximum atomic E-state index is 12.1. The number of esters is 1. The van der Waals surface area contributed by atoms with Gasteiger partial charge >= 0.3 is 18.0 Å². The number of halogens is 3. The van der Waals surface area contributed by atoms with Crippen LogP contribution >= 0.6 is 0 Å². The highest BCUT2D eigenvalue weighted by atomic mass is 19.4. The smallest absolute Gasteiger partial charge is 0.508 e. The molecule has 1 N–H and O–H groups in total. The van der Waals surface area contributed by atoms with Crippen LogP contribution in [0, 0.1) is 0 Å². The lowest BCUT2D eigenvalue weighted by molar-refractivity contribution is -0.274. The van der Waals surface area contributed by atoms with Crippen LogP contribution < -0.4 is 10.4 Å². The molecule has 140 valence electrons. The molecule has 0 saturated heterocycles. The van der Waals surface area contributed by atoms with Crippen LogP contribution in [0.2, 0.25) is 0 Å². The molecule has 0 aliphatic carbocycles. The van der Waals surface area contributed by atoms with E-state index in [1.54, 1.807) is 0 Å². The number of carbonyl (C=O) groups is 1. The number of ether oxygens (including phenoxy) is 2. The molecule has 0 amide bonds. The summed E-state index contributed by atoms with van der Waals surface area (Å²) in [5.74, 6) is -1.36. The predicted molar refractivity (Wildman–Crippen MR) is 86.4 cm³/mol. The van der Waals surface area contributed by atoms with E-state index >= 15 is 0 Å². The molecular weight excluding hydrogens is 369 g/mol. The zero-order chi connectivity index (χ0) is 19.6. The third kappa shape index (κ3) is 4.57. The molecule has 0 aliphatic rings. The van der Waals surface area contributed by atoms with Crippen LogP contribution in [0.1, 0.15) is 15.9 Å². The Labute approximate surface area is 149 Å². The highest BCUT2D eigenvalue weighted by molar-refractivity contribution is 5.89. The Morgan fingerprint density at radius 3 is 2.44 bits per heavy atom. The summed E-state index contributed by atoms with van der Waals surface area (Å²) >= 11 is 0. The number of hydrogen-bond acceptors (Lipinski definition) is 6. The van der Waals surface area contributed by atoms with Gasteiger partial charge in [-0.3, -0.25) is 0 Å². The van der Waals surface area contributed by atoms with Crippen molar-refractivity contribution in [1.82, 2.24) is 0 Å². The van der Waals surface area contributed by atoms with E-state index in [4.69, 9.17) is 9.15 Å². The summed E-state index contributed by atoms with van der Waals surface area (Å²) < 4.78 is 50.2. The van der Waals surface area contributed by atoms with Gasteiger partial charge in [-0.05, 0) is 36.4 Å². The number of rotatable bonds is 4. The van der Waals surface area contributed by atoms with E-state index in [9.17, 15) is 27.9 Å². The van der Waals surface area contributed by atoms with Crippen LogP contribution in [0.25, 0.3) is 11.0 Å². The molecule has 1 aromatic heterocycles. The van der Waals surface area contributed by atoms with Crippen molar-refractivity contribution in [3.05, 3.63) is 70.1 Å². The first-order valence-corrected chi connectivity index (χ1v) is 7.50. The van der Waals surface area contributed by atoms with Gasteiger partial charge in [0, 0.05) is 23.1 Å². The second-order valence-corrected chi connectivity index (χ2v) is 5.42. The first-order chi connectivity index (χ1) is 12.7. The van der Waals surface area contributed by atoms with Gasteiger partial charge in [0.1, 0.15) is 23.7 Å². The van der Waals surface area contributed by atoms with Crippen molar-refractivity contribution < 1.29 is 37.0 Å². The number of aromatic hydroxyl groups is 1. The zero-order valence-electron chi connectivity index (χ0n) is 13.4. The Balaban J connectivity index is 1.74. The van der Waals surface area contributed by atoms with Crippen molar-refractivity contribution in [2.24, 2.45) is 0 Å². The van der Waals surface area contributed by atoms with Crippen LogP contribution in [-0.2, 0) is 11.3 Å². The second kappa shape index (κ2) is 7.02. The first-order valence-electron chi connectivity index (χ1n) is 7.50. The fraction of sp³-hybridized carbons (Fsp3) is 0.111. The van der Waals surface area contributed by atoms with Gasteiger partial charge in [-0.1, -0.05) is 0 Å². The molecule has 1 heterocycles. The minimum absolute atomic E-state index is 0.00874. The third-order valence-corrected chi connectivity index (χ3v) is 3.50. The monoisotopic (exact) mass is 380 g/mol. The molecule has 0 saturated carbocycles. The largest absolute Gasteiger partial charge is 0.573 e. The molecular formula is C18H11F3O6. The van der Waals surface area contributed by atoms with Gasteiger partial charge in [0.05, 0.1) is 5.56 Å². The van der Waals surface area contributed by atoms with E-state index in [0.717, 1.165) is 30.3 Å². The number of carbonyl (C=O) groups excluding carboxylic acids is 1. The van der Waals surface area contributed by atoms with Gasteiger partial charge in [-0.2, -0.15) is 0 Å². The maximum Gasteiger partial charge on any atom is 0.573 e. The fourth-order valence-corrected chi connectivity index (χ4v) is 2.36. The van der Waals surface area contributed by atoms with E-state index < -0.39 is 23.7 Å².